The van der Waals surface area contributed by atoms with E-state index in [1.165, 1.54) is 16.7 Å². The molecule has 2 aliphatic heterocycles. The number of aromatic amines is 1. The van der Waals surface area contributed by atoms with Gasteiger partial charge in [-0.05, 0) is 55.3 Å². The minimum Gasteiger partial charge on any atom is -0.484 e. The number of fused-ring (bicyclic) bond motifs is 2. The fourth-order valence-electron chi connectivity index (χ4n) is 5.14. The van der Waals surface area contributed by atoms with Gasteiger partial charge in [0.1, 0.15) is 11.0 Å². The van der Waals surface area contributed by atoms with Crippen molar-refractivity contribution in [1.82, 2.24) is 4.98 Å². The Kier molecular flexibility index (Phi) is 6.81. The summed E-state index contributed by atoms with van der Waals surface area (Å²) in [5.41, 5.74) is 4.04. The molecular formula is C30H25N3O5S2. The molecule has 0 saturated carbocycles. The summed E-state index contributed by atoms with van der Waals surface area (Å²) in [6, 6.07) is 21.9. The number of para-hydroxylation sites is 1. The first-order valence-corrected chi connectivity index (χ1v) is 14.4. The number of hydrogen-bond donors (Lipinski definition) is 2. The number of nitrogens with zero attached hydrogens (tertiary/aromatic N) is 1. The Balaban J connectivity index is 1.25. The second-order valence-corrected chi connectivity index (χ2v) is 12.0. The van der Waals surface area contributed by atoms with Gasteiger partial charge in [-0.15, -0.1) is 0 Å². The number of nitrogens with one attached hydrogen (secondary N) is 2. The predicted octanol–water partition coefficient (Wildman–Crippen LogP) is 4.87. The third kappa shape index (κ3) is 4.73. The van der Waals surface area contributed by atoms with Crippen LogP contribution in [0.1, 0.15) is 27.5 Å². The van der Waals surface area contributed by atoms with Crippen molar-refractivity contribution in [3.8, 4) is 5.75 Å². The molecule has 3 aromatic carbocycles. The predicted molar refractivity (Wildman–Crippen MR) is 155 cm³/mol. The van der Waals surface area contributed by atoms with E-state index < -0.39 is 17.1 Å². The lowest BCUT2D eigenvalue weighted by atomic mass is 9.83. The van der Waals surface area contributed by atoms with Gasteiger partial charge >= 0.3 is 4.87 Å². The number of thiazole rings is 1. The number of thioether (sulfide) groups is 1. The Labute approximate surface area is 238 Å². The molecule has 0 aliphatic carbocycles. The number of amides is 3. The smallest absolute Gasteiger partial charge is 0.305 e. The van der Waals surface area contributed by atoms with Gasteiger partial charge in [0.25, 0.3) is 5.91 Å². The quantitative estimate of drug-likeness (QED) is 0.320. The van der Waals surface area contributed by atoms with Gasteiger partial charge in [0.05, 0.1) is 16.6 Å². The Morgan fingerprint density at radius 2 is 1.68 bits per heavy atom. The number of rotatable bonds is 6. The normalized spacial score (nSPS) is 19.8. The number of carbonyl (C=O) groups is 3. The van der Waals surface area contributed by atoms with Crippen molar-refractivity contribution in [2.24, 2.45) is 5.92 Å². The molecule has 0 radical (unpaired) electrons. The average molecular weight is 572 g/mol. The lowest BCUT2D eigenvalue weighted by molar-refractivity contribution is -0.122. The van der Waals surface area contributed by atoms with Crippen LogP contribution in [-0.4, -0.2) is 34.6 Å². The van der Waals surface area contributed by atoms with Crippen molar-refractivity contribution in [3.05, 3.63) is 104 Å². The van der Waals surface area contributed by atoms with Gasteiger partial charge in [0.15, 0.2) is 6.61 Å². The van der Waals surface area contributed by atoms with Gasteiger partial charge in [-0.25, -0.2) is 4.90 Å². The molecule has 1 aromatic heterocycles. The van der Waals surface area contributed by atoms with Crippen molar-refractivity contribution in [2.45, 2.75) is 30.0 Å². The largest absolute Gasteiger partial charge is 0.484 e. The van der Waals surface area contributed by atoms with Gasteiger partial charge in [-0.1, -0.05) is 71.1 Å². The molecule has 0 spiro atoms. The molecular weight excluding hydrogens is 546 g/mol. The molecule has 3 atom stereocenters. The Bertz CT molecular complexity index is 1680. The first-order chi connectivity index (χ1) is 19.3. The highest BCUT2D eigenvalue weighted by molar-refractivity contribution is 8.00. The summed E-state index contributed by atoms with van der Waals surface area (Å²) in [6.45, 7) is 3.70. The van der Waals surface area contributed by atoms with Crippen LogP contribution in [0.15, 0.2) is 82.6 Å². The molecule has 202 valence electrons. The maximum atomic E-state index is 13.8. The van der Waals surface area contributed by atoms with Crippen LogP contribution >= 0.6 is 23.1 Å². The van der Waals surface area contributed by atoms with Crippen LogP contribution in [-0.2, 0) is 14.4 Å². The average Bonchev–Trinajstić information content (AvgIpc) is 3.44. The van der Waals surface area contributed by atoms with Crippen LogP contribution in [0.5, 0.6) is 5.75 Å². The number of hydrogen-bond acceptors (Lipinski definition) is 7. The van der Waals surface area contributed by atoms with Crippen LogP contribution in [0, 0.1) is 19.8 Å². The summed E-state index contributed by atoms with van der Waals surface area (Å²) in [7, 11) is 0. The SMILES string of the molecule is Cc1ccc(N2C(=O)C3Sc4[nH]c(=O)sc4[C@H](c4ccc(OCC(=O)Nc5ccccc5C)cc4)C3C2=O)cc1. The summed E-state index contributed by atoms with van der Waals surface area (Å²) < 4.78 is 5.71. The number of benzene rings is 3. The molecule has 10 heteroatoms. The topological polar surface area (TPSA) is 109 Å². The first kappa shape index (κ1) is 26.1. The van der Waals surface area contributed by atoms with Crippen LogP contribution in [0.2, 0.25) is 0 Å². The van der Waals surface area contributed by atoms with Gasteiger partial charge in [-0.3, -0.25) is 19.2 Å². The zero-order valence-electron chi connectivity index (χ0n) is 21.7. The van der Waals surface area contributed by atoms with E-state index in [1.54, 1.807) is 24.3 Å². The zero-order valence-corrected chi connectivity index (χ0v) is 23.3. The van der Waals surface area contributed by atoms with E-state index in [-0.39, 0.29) is 29.2 Å². The second kappa shape index (κ2) is 10.4. The summed E-state index contributed by atoms with van der Waals surface area (Å²) in [4.78, 5) is 56.7. The van der Waals surface area contributed by atoms with E-state index in [2.05, 4.69) is 10.3 Å². The second-order valence-electron chi connectivity index (χ2n) is 9.82. The number of imide groups is 1. The highest BCUT2D eigenvalue weighted by atomic mass is 32.2. The molecule has 1 saturated heterocycles. The number of H-pyrrole nitrogens is 1. The highest BCUT2D eigenvalue weighted by Crippen LogP contribution is 2.53. The maximum Gasteiger partial charge on any atom is 0.305 e. The van der Waals surface area contributed by atoms with Crippen LogP contribution < -0.4 is 19.8 Å². The maximum absolute atomic E-state index is 13.8. The summed E-state index contributed by atoms with van der Waals surface area (Å²) in [5.74, 6) is -1.50. The number of aryl methyl sites for hydroxylation is 2. The van der Waals surface area contributed by atoms with Crippen LogP contribution in [0.25, 0.3) is 0 Å². The molecule has 4 aromatic rings. The van der Waals surface area contributed by atoms with E-state index in [0.29, 0.717) is 16.5 Å². The lowest BCUT2D eigenvalue weighted by Crippen LogP contribution is -2.32. The number of ether oxygens (including phenoxy) is 1. The fraction of sp³-hybridized carbons (Fsp3) is 0.200. The van der Waals surface area contributed by atoms with E-state index in [4.69, 9.17) is 4.74 Å². The van der Waals surface area contributed by atoms with Gasteiger partial charge in [0.2, 0.25) is 11.8 Å². The van der Waals surface area contributed by atoms with E-state index in [0.717, 1.165) is 38.6 Å². The monoisotopic (exact) mass is 571 g/mol. The molecule has 40 heavy (non-hydrogen) atoms. The fourth-order valence-corrected chi connectivity index (χ4v) is 7.66. The first-order valence-electron chi connectivity index (χ1n) is 12.7. The number of carbonyl (C=O) groups excluding carboxylic acids is 3. The molecule has 2 aliphatic rings. The van der Waals surface area contributed by atoms with Gasteiger partial charge < -0.3 is 15.0 Å². The van der Waals surface area contributed by atoms with Gasteiger partial charge in [0, 0.05) is 16.5 Å². The highest BCUT2D eigenvalue weighted by Gasteiger charge is 2.56. The molecule has 1 fully saturated rings. The molecule has 6 rings (SSSR count). The third-order valence-electron chi connectivity index (χ3n) is 7.14. The van der Waals surface area contributed by atoms with E-state index >= 15 is 0 Å². The lowest BCUT2D eigenvalue weighted by Gasteiger charge is -2.29. The van der Waals surface area contributed by atoms with Gasteiger partial charge in [-0.2, -0.15) is 0 Å². The van der Waals surface area contributed by atoms with Crippen molar-refractivity contribution >= 4 is 52.2 Å². The molecule has 2 N–H and O–H groups in total. The standard InChI is InChI=1S/C30H25N3O5S2/c1-16-7-11-19(12-8-16)33-28(35)24-23(25-27(32-30(37)40-25)39-26(24)29(33)36)18-9-13-20(14-10-18)38-15-22(34)31-21-6-4-3-5-17(21)2/h3-14,23-24,26H,15H2,1-2H3,(H,31,34)(H,32,37)/t23-,24?,26?/m1/s1. The summed E-state index contributed by atoms with van der Waals surface area (Å²) in [5, 5.41) is 2.81. The Hall–Kier alpha value is -4.15. The van der Waals surface area contributed by atoms with E-state index in [9.17, 15) is 19.2 Å². The molecule has 3 heterocycles. The van der Waals surface area contributed by atoms with Crippen LogP contribution in [0.3, 0.4) is 0 Å². The van der Waals surface area contributed by atoms with Crippen LogP contribution in [0.4, 0.5) is 11.4 Å². The van der Waals surface area contributed by atoms with Crippen molar-refractivity contribution in [2.75, 3.05) is 16.8 Å². The summed E-state index contributed by atoms with van der Waals surface area (Å²) >= 11 is 2.32. The zero-order chi connectivity index (χ0) is 28.0. The minimum absolute atomic E-state index is 0.166. The third-order valence-corrected chi connectivity index (χ3v) is 9.55. The number of aromatic nitrogens is 1. The Morgan fingerprint density at radius 3 is 2.40 bits per heavy atom. The molecule has 0 bridgehead atoms. The number of anilines is 2. The van der Waals surface area contributed by atoms with Crippen molar-refractivity contribution < 1.29 is 19.1 Å². The van der Waals surface area contributed by atoms with E-state index in [1.807, 2.05) is 62.4 Å². The minimum atomic E-state index is -0.663. The molecule has 3 amide bonds. The molecule has 2 unspecified atom stereocenters. The Morgan fingerprint density at radius 1 is 0.950 bits per heavy atom. The van der Waals surface area contributed by atoms with Crippen molar-refractivity contribution in [3.63, 3.8) is 0 Å². The summed E-state index contributed by atoms with van der Waals surface area (Å²) in [6.07, 6.45) is 0. The molecule has 8 nitrogen and oxygen atoms in total. The van der Waals surface area contributed by atoms with Crippen molar-refractivity contribution in [1.29, 1.82) is 0 Å².